The van der Waals surface area contributed by atoms with Crippen LogP contribution in [0.2, 0.25) is 5.02 Å². The van der Waals surface area contributed by atoms with Crippen molar-refractivity contribution in [3.63, 3.8) is 0 Å². The van der Waals surface area contributed by atoms with E-state index in [0.29, 0.717) is 16.8 Å². The second-order valence-corrected chi connectivity index (χ2v) is 4.36. The highest BCUT2D eigenvalue weighted by Crippen LogP contribution is 2.35. The number of hydrogen-bond donors (Lipinski definition) is 0. The molecule has 74 valence electrons. The number of alkyl halides is 1. The first kappa shape index (κ1) is 10.0. The van der Waals surface area contributed by atoms with E-state index in [2.05, 4.69) is 4.98 Å². The first-order valence-electron chi connectivity index (χ1n) is 3.96. The molecule has 2 nitrogen and oxygen atoms in total. The molecule has 0 fully saturated rings. The maximum Gasteiger partial charge on any atom is 0.238 e. The standard InChI is InChI=1S/C9H7Cl2NOS/c1-5-4-14-8(7(5)11)9-12-6(2-10)3-13-9/h3-4H,2H2,1H3. The van der Waals surface area contributed by atoms with E-state index in [-0.39, 0.29) is 0 Å². The molecule has 2 heterocycles. The number of oxazole rings is 1. The molecule has 0 atom stereocenters. The summed E-state index contributed by atoms with van der Waals surface area (Å²) in [5, 5.41) is 2.68. The summed E-state index contributed by atoms with van der Waals surface area (Å²) in [7, 11) is 0. The molecule has 0 radical (unpaired) electrons. The Bertz CT molecular complexity index is 449. The van der Waals surface area contributed by atoms with Gasteiger partial charge >= 0.3 is 0 Å². The van der Waals surface area contributed by atoms with Crippen molar-refractivity contribution >= 4 is 34.5 Å². The van der Waals surface area contributed by atoms with Gasteiger partial charge in [-0.3, -0.25) is 0 Å². The van der Waals surface area contributed by atoms with E-state index in [0.717, 1.165) is 16.1 Å². The van der Waals surface area contributed by atoms with E-state index in [9.17, 15) is 0 Å². The van der Waals surface area contributed by atoms with Crippen LogP contribution in [0.3, 0.4) is 0 Å². The molecule has 0 unspecified atom stereocenters. The first-order valence-corrected chi connectivity index (χ1v) is 5.76. The zero-order valence-corrected chi connectivity index (χ0v) is 9.71. The quantitative estimate of drug-likeness (QED) is 0.747. The van der Waals surface area contributed by atoms with Crippen molar-refractivity contribution in [3.05, 3.63) is 27.9 Å². The molecule has 14 heavy (non-hydrogen) atoms. The summed E-state index contributed by atoms with van der Waals surface area (Å²) in [6.07, 6.45) is 1.55. The van der Waals surface area contributed by atoms with Gasteiger partial charge in [-0.25, -0.2) is 4.98 Å². The molecule has 2 rings (SSSR count). The number of aromatic nitrogens is 1. The van der Waals surface area contributed by atoms with Crippen LogP contribution in [0.15, 0.2) is 16.1 Å². The van der Waals surface area contributed by atoms with Crippen molar-refractivity contribution in [2.24, 2.45) is 0 Å². The highest BCUT2D eigenvalue weighted by Gasteiger charge is 2.13. The molecule has 0 aromatic carbocycles. The molecule has 0 spiro atoms. The summed E-state index contributed by atoms with van der Waals surface area (Å²) in [6.45, 7) is 1.95. The molecule has 0 amide bonds. The lowest BCUT2D eigenvalue weighted by molar-refractivity contribution is 0.575. The third-order valence-corrected chi connectivity index (χ3v) is 3.74. The topological polar surface area (TPSA) is 26.0 Å². The molecule has 0 bridgehead atoms. The Labute approximate surface area is 95.5 Å². The van der Waals surface area contributed by atoms with Crippen molar-refractivity contribution in [1.29, 1.82) is 0 Å². The van der Waals surface area contributed by atoms with Crippen LogP contribution >= 0.6 is 34.5 Å². The fourth-order valence-electron chi connectivity index (χ4n) is 1.05. The van der Waals surface area contributed by atoms with Gasteiger partial charge in [0.2, 0.25) is 5.89 Å². The van der Waals surface area contributed by atoms with Gasteiger partial charge in [0.15, 0.2) is 0 Å². The minimum atomic E-state index is 0.353. The van der Waals surface area contributed by atoms with Crippen LogP contribution in [0.25, 0.3) is 10.8 Å². The van der Waals surface area contributed by atoms with E-state index in [4.69, 9.17) is 27.6 Å². The minimum absolute atomic E-state index is 0.353. The molecule has 2 aromatic heterocycles. The Balaban J connectivity index is 2.44. The summed E-state index contributed by atoms with van der Waals surface area (Å²) < 4.78 is 5.27. The Morgan fingerprint density at radius 2 is 2.36 bits per heavy atom. The molecule has 0 aliphatic rings. The third kappa shape index (κ3) is 1.67. The monoisotopic (exact) mass is 247 g/mol. The lowest BCUT2D eigenvalue weighted by Crippen LogP contribution is -1.77. The average Bonchev–Trinajstić information content (AvgIpc) is 2.75. The largest absolute Gasteiger partial charge is 0.443 e. The van der Waals surface area contributed by atoms with Crippen molar-refractivity contribution in [1.82, 2.24) is 4.98 Å². The molecular formula is C9H7Cl2NOS. The maximum absolute atomic E-state index is 6.07. The average molecular weight is 248 g/mol. The van der Waals surface area contributed by atoms with E-state index in [1.807, 2.05) is 12.3 Å². The fourth-order valence-corrected chi connectivity index (χ4v) is 2.37. The van der Waals surface area contributed by atoms with E-state index < -0.39 is 0 Å². The van der Waals surface area contributed by atoms with E-state index >= 15 is 0 Å². The van der Waals surface area contributed by atoms with Gasteiger partial charge in [0, 0.05) is 0 Å². The smallest absolute Gasteiger partial charge is 0.238 e. The lowest BCUT2D eigenvalue weighted by Gasteiger charge is -1.90. The molecular weight excluding hydrogens is 241 g/mol. The second kappa shape index (κ2) is 3.93. The van der Waals surface area contributed by atoms with Crippen LogP contribution < -0.4 is 0 Å². The zero-order chi connectivity index (χ0) is 10.1. The second-order valence-electron chi connectivity index (χ2n) is 2.84. The lowest BCUT2D eigenvalue weighted by atomic mass is 10.3. The van der Waals surface area contributed by atoms with Crippen molar-refractivity contribution < 1.29 is 4.42 Å². The molecule has 2 aromatic rings. The number of nitrogens with zero attached hydrogens (tertiary/aromatic N) is 1. The van der Waals surface area contributed by atoms with Crippen LogP contribution in [-0.4, -0.2) is 4.98 Å². The van der Waals surface area contributed by atoms with Crippen molar-refractivity contribution in [2.45, 2.75) is 12.8 Å². The molecule has 0 aliphatic heterocycles. The summed E-state index contributed by atoms with van der Waals surface area (Å²) in [6, 6.07) is 0. The first-order chi connectivity index (χ1) is 6.72. The van der Waals surface area contributed by atoms with Gasteiger partial charge in [0.05, 0.1) is 16.6 Å². The SMILES string of the molecule is Cc1csc(-c2nc(CCl)co2)c1Cl. The summed E-state index contributed by atoms with van der Waals surface area (Å²) in [5.74, 6) is 0.898. The van der Waals surface area contributed by atoms with Crippen LogP contribution in [0.4, 0.5) is 0 Å². The van der Waals surface area contributed by atoms with Gasteiger partial charge in [-0.05, 0) is 17.9 Å². The molecule has 0 saturated heterocycles. The van der Waals surface area contributed by atoms with Crippen molar-refractivity contribution in [3.8, 4) is 10.8 Å². The van der Waals surface area contributed by atoms with Gasteiger partial charge in [-0.2, -0.15) is 0 Å². The minimum Gasteiger partial charge on any atom is -0.443 e. The summed E-state index contributed by atoms with van der Waals surface area (Å²) >= 11 is 13.2. The van der Waals surface area contributed by atoms with Crippen LogP contribution in [0.5, 0.6) is 0 Å². The van der Waals surface area contributed by atoms with Gasteiger partial charge in [0.1, 0.15) is 11.1 Å². The predicted octanol–water partition coefficient (Wildman–Crippen LogP) is 4.10. The number of thiophene rings is 1. The Morgan fingerprint density at radius 3 is 2.86 bits per heavy atom. The predicted molar refractivity (Wildman–Crippen MR) is 59.1 cm³/mol. The van der Waals surface area contributed by atoms with Gasteiger partial charge in [0.25, 0.3) is 0 Å². The highest BCUT2D eigenvalue weighted by atomic mass is 35.5. The fraction of sp³-hybridized carbons (Fsp3) is 0.222. The Kier molecular flexibility index (Phi) is 2.81. The zero-order valence-electron chi connectivity index (χ0n) is 7.38. The third-order valence-electron chi connectivity index (χ3n) is 1.78. The molecule has 0 aliphatic carbocycles. The molecule has 0 N–H and O–H groups in total. The highest BCUT2D eigenvalue weighted by molar-refractivity contribution is 7.14. The Morgan fingerprint density at radius 1 is 1.57 bits per heavy atom. The van der Waals surface area contributed by atoms with E-state index in [1.54, 1.807) is 6.26 Å². The van der Waals surface area contributed by atoms with Crippen LogP contribution in [0, 0.1) is 6.92 Å². The molecule has 0 saturated carbocycles. The summed E-state index contributed by atoms with van der Waals surface area (Å²) in [4.78, 5) is 5.06. The number of aryl methyl sites for hydroxylation is 1. The van der Waals surface area contributed by atoms with Gasteiger partial charge < -0.3 is 4.42 Å². The number of rotatable bonds is 2. The summed E-state index contributed by atoms with van der Waals surface area (Å²) in [5.41, 5.74) is 1.76. The van der Waals surface area contributed by atoms with Crippen LogP contribution in [-0.2, 0) is 5.88 Å². The Hall–Kier alpha value is -0.510. The number of hydrogen-bond acceptors (Lipinski definition) is 3. The van der Waals surface area contributed by atoms with Gasteiger partial charge in [-0.15, -0.1) is 22.9 Å². The van der Waals surface area contributed by atoms with E-state index in [1.165, 1.54) is 11.3 Å². The van der Waals surface area contributed by atoms with Crippen LogP contribution in [0.1, 0.15) is 11.3 Å². The van der Waals surface area contributed by atoms with Crippen molar-refractivity contribution in [2.75, 3.05) is 0 Å². The molecule has 5 heteroatoms. The number of halogens is 2. The van der Waals surface area contributed by atoms with Gasteiger partial charge in [-0.1, -0.05) is 11.6 Å². The normalized spacial score (nSPS) is 10.8. The maximum atomic E-state index is 6.07.